The van der Waals surface area contributed by atoms with Crippen molar-refractivity contribution in [3.8, 4) is 11.3 Å². The van der Waals surface area contributed by atoms with Gasteiger partial charge in [-0.05, 0) is 51.0 Å². The number of carbonyl (C=O) groups excluding carboxylic acids is 1. The summed E-state index contributed by atoms with van der Waals surface area (Å²) in [5.41, 5.74) is 1.84. The maximum atomic E-state index is 13.4. The van der Waals surface area contributed by atoms with Gasteiger partial charge < -0.3 is 9.64 Å². The number of amides is 1. The molecule has 0 fully saturated rings. The lowest BCUT2D eigenvalue weighted by molar-refractivity contribution is 0.0270. The van der Waals surface area contributed by atoms with Crippen LogP contribution in [-0.2, 0) is 4.74 Å². The molecule has 0 atom stereocenters. The second-order valence-electron chi connectivity index (χ2n) is 7.18. The minimum atomic E-state index is -0.510. The zero-order valence-electron chi connectivity index (χ0n) is 15.2. The van der Waals surface area contributed by atoms with Crippen molar-refractivity contribution in [2.45, 2.75) is 32.8 Å². The van der Waals surface area contributed by atoms with E-state index in [0.29, 0.717) is 36.6 Å². The molecule has 1 aliphatic rings. The van der Waals surface area contributed by atoms with E-state index >= 15 is 0 Å². The molecule has 2 aromatic rings. The summed E-state index contributed by atoms with van der Waals surface area (Å²) in [6.45, 7) is 6.55. The van der Waals surface area contributed by atoms with Gasteiger partial charge in [0.2, 0.25) is 0 Å². The van der Waals surface area contributed by atoms with Crippen LogP contribution in [0.2, 0.25) is 0 Å². The molecule has 0 bridgehead atoms. The van der Waals surface area contributed by atoms with Gasteiger partial charge in [0.05, 0.1) is 5.69 Å². The Kier molecular flexibility index (Phi) is 5.02. The summed E-state index contributed by atoms with van der Waals surface area (Å²) in [6, 6.07) is 8.08. The summed E-state index contributed by atoms with van der Waals surface area (Å²) in [5, 5.41) is 0. The Hall–Kier alpha value is -2.76. The van der Waals surface area contributed by atoms with E-state index in [9.17, 15) is 9.18 Å². The number of nitrogens with zero attached hydrogens (tertiary/aromatic N) is 3. The zero-order chi connectivity index (χ0) is 18.7. The average Bonchev–Trinajstić information content (AvgIpc) is 2.60. The summed E-state index contributed by atoms with van der Waals surface area (Å²) in [5.74, 6) is 0.308. The Morgan fingerprint density at radius 2 is 2.08 bits per heavy atom. The van der Waals surface area contributed by atoms with Crippen molar-refractivity contribution >= 4 is 11.7 Å². The lowest BCUT2D eigenvalue weighted by atomic mass is 10.1. The molecule has 136 valence electrons. The highest BCUT2D eigenvalue weighted by Crippen LogP contribution is 2.24. The van der Waals surface area contributed by atoms with Gasteiger partial charge in [-0.1, -0.05) is 18.2 Å². The fraction of sp³-hybridized carbons (Fsp3) is 0.350. The van der Waals surface area contributed by atoms with Gasteiger partial charge in [-0.15, -0.1) is 0 Å². The lowest BCUT2D eigenvalue weighted by Gasteiger charge is -2.29. The van der Waals surface area contributed by atoms with Crippen molar-refractivity contribution in [1.29, 1.82) is 0 Å². The van der Waals surface area contributed by atoms with Gasteiger partial charge in [-0.2, -0.15) is 0 Å². The second kappa shape index (κ2) is 7.23. The van der Waals surface area contributed by atoms with Gasteiger partial charge in [-0.3, -0.25) is 0 Å². The van der Waals surface area contributed by atoms with Gasteiger partial charge in [0.25, 0.3) is 0 Å². The van der Waals surface area contributed by atoms with E-state index in [4.69, 9.17) is 4.74 Å². The van der Waals surface area contributed by atoms with Gasteiger partial charge in [0.15, 0.2) is 5.82 Å². The number of hydrogen-bond acceptors (Lipinski definition) is 4. The van der Waals surface area contributed by atoms with E-state index in [1.54, 1.807) is 23.2 Å². The summed E-state index contributed by atoms with van der Waals surface area (Å²) in [6.07, 6.45) is 3.94. The minimum Gasteiger partial charge on any atom is -0.444 e. The third kappa shape index (κ3) is 4.45. The predicted molar refractivity (Wildman–Crippen MR) is 97.8 cm³/mol. The molecule has 6 heteroatoms. The Labute approximate surface area is 152 Å². The molecule has 0 spiro atoms. The van der Waals surface area contributed by atoms with Gasteiger partial charge in [0, 0.05) is 24.8 Å². The first-order valence-electron chi connectivity index (χ1n) is 8.58. The van der Waals surface area contributed by atoms with Crippen LogP contribution in [0.25, 0.3) is 16.8 Å². The highest BCUT2D eigenvalue weighted by molar-refractivity contribution is 5.71. The number of ether oxygens (including phenoxy) is 1. The minimum absolute atomic E-state index is 0.299. The molecule has 0 radical (unpaired) electrons. The molecular formula is C20H22FN3O2. The van der Waals surface area contributed by atoms with Crippen LogP contribution in [0.1, 0.15) is 33.0 Å². The molecule has 1 amide bonds. The van der Waals surface area contributed by atoms with E-state index in [2.05, 4.69) is 9.97 Å². The van der Waals surface area contributed by atoms with Gasteiger partial charge in [-0.25, -0.2) is 19.2 Å². The smallest absolute Gasteiger partial charge is 0.410 e. The number of benzene rings is 1. The fourth-order valence-electron chi connectivity index (χ4n) is 2.69. The Morgan fingerprint density at radius 1 is 1.27 bits per heavy atom. The predicted octanol–water partition coefficient (Wildman–Crippen LogP) is 4.31. The molecule has 0 N–H and O–H groups in total. The molecule has 5 nitrogen and oxygen atoms in total. The van der Waals surface area contributed by atoms with E-state index < -0.39 is 5.60 Å². The molecule has 1 aromatic heterocycles. The van der Waals surface area contributed by atoms with Gasteiger partial charge in [0.1, 0.15) is 11.4 Å². The average molecular weight is 355 g/mol. The SMILES string of the molecule is CC(C)(C)OC(=O)N1CC=C(c2nccc(-c3cccc(F)c3)n2)CC1. The third-order valence-electron chi connectivity index (χ3n) is 3.92. The van der Waals surface area contributed by atoms with Crippen LogP contribution in [0.15, 0.2) is 42.6 Å². The van der Waals surface area contributed by atoms with Crippen LogP contribution in [0, 0.1) is 5.82 Å². The summed E-state index contributed by atoms with van der Waals surface area (Å²) in [4.78, 5) is 22.7. The first-order chi connectivity index (χ1) is 12.3. The van der Waals surface area contributed by atoms with Crippen molar-refractivity contribution in [1.82, 2.24) is 14.9 Å². The van der Waals surface area contributed by atoms with E-state index in [1.807, 2.05) is 32.9 Å². The van der Waals surface area contributed by atoms with Crippen molar-refractivity contribution in [2.24, 2.45) is 0 Å². The Morgan fingerprint density at radius 3 is 2.73 bits per heavy atom. The van der Waals surface area contributed by atoms with Crippen LogP contribution in [0.3, 0.4) is 0 Å². The Balaban J connectivity index is 1.75. The topological polar surface area (TPSA) is 55.3 Å². The molecular weight excluding hydrogens is 333 g/mol. The monoisotopic (exact) mass is 355 g/mol. The largest absolute Gasteiger partial charge is 0.444 e. The number of halogens is 1. The van der Waals surface area contributed by atoms with Crippen LogP contribution in [0.4, 0.5) is 9.18 Å². The van der Waals surface area contributed by atoms with E-state index in [1.165, 1.54) is 12.1 Å². The molecule has 2 heterocycles. The van der Waals surface area contributed by atoms with Crippen molar-refractivity contribution in [3.63, 3.8) is 0 Å². The maximum Gasteiger partial charge on any atom is 0.410 e. The highest BCUT2D eigenvalue weighted by atomic mass is 19.1. The van der Waals surface area contributed by atoms with Crippen LogP contribution < -0.4 is 0 Å². The van der Waals surface area contributed by atoms with Gasteiger partial charge >= 0.3 is 6.09 Å². The quantitative estimate of drug-likeness (QED) is 0.806. The molecule has 0 unspecified atom stereocenters. The molecule has 3 rings (SSSR count). The summed E-state index contributed by atoms with van der Waals surface area (Å²) < 4.78 is 18.8. The molecule has 26 heavy (non-hydrogen) atoms. The Bertz CT molecular complexity index is 843. The molecule has 0 aliphatic carbocycles. The van der Waals surface area contributed by atoms with Crippen LogP contribution in [0.5, 0.6) is 0 Å². The first kappa shape index (κ1) is 18.0. The number of carbonyl (C=O) groups is 1. The van der Waals surface area contributed by atoms with Crippen molar-refractivity contribution in [3.05, 3.63) is 54.2 Å². The maximum absolute atomic E-state index is 13.4. The molecule has 1 aromatic carbocycles. The molecule has 0 saturated heterocycles. The zero-order valence-corrected chi connectivity index (χ0v) is 15.2. The number of rotatable bonds is 2. The van der Waals surface area contributed by atoms with E-state index in [0.717, 1.165) is 5.57 Å². The summed E-state index contributed by atoms with van der Waals surface area (Å²) in [7, 11) is 0. The molecule has 0 saturated carbocycles. The van der Waals surface area contributed by atoms with Crippen molar-refractivity contribution < 1.29 is 13.9 Å². The van der Waals surface area contributed by atoms with Crippen molar-refractivity contribution in [2.75, 3.05) is 13.1 Å². The number of aromatic nitrogens is 2. The normalized spacial score (nSPS) is 14.8. The first-order valence-corrected chi connectivity index (χ1v) is 8.58. The highest BCUT2D eigenvalue weighted by Gasteiger charge is 2.24. The number of hydrogen-bond donors (Lipinski definition) is 0. The summed E-state index contributed by atoms with van der Waals surface area (Å²) >= 11 is 0. The third-order valence-corrected chi connectivity index (χ3v) is 3.92. The van der Waals surface area contributed by atoms with Crippen LogP contribution in [-0.4, -0.2) is 39.7 Å². The van der Waals surface area contributed by atoms with E-state index in [-0.39, 0.29) is 11.9 Å². The fourth-order valence-corrected chi connectivity index (χ4v) is 2.69. The lowest BCUT2D eigenvalue weighted by Crippen LogP contribution is -2.39. The standard InChI is InChI=1S/C20H22FN3O2/c1-20(2,3)26-19(25)24-11-8-14(9-12-24)18-22-10-7-17(23-18)15-5-4-6-16(21)13-15/h4-8,10,13H,9,11-12H2,1-3H3. The molecule has 1 aliphatic heterocycles. The van der Waals surface area contributed by atoms with Crippen LogP contribution >= 0.6 is 0 Å². The second-order valence-corrected chi connectivity index (χ2v) is 7.18.